The zero-order valence-electron chi connectivity index (χ0n) is 15.1. The van der Waals surface area contributed by atoms with E-state index >= 15 is 0 Å². The highest BCUT2D eigenvalue weighted by Crippen LogP contribution is 2.29. The summed E-state index contributed by atoms with van der Waals surface area (Å²) in [7, 11) is 1.60. The Hall–Kier alpha value is -2.46. The summed E-state index contributed by atoms with van der Waals surface area (Å²) in [5.74, 6) is 1.10. The van der Waals surface area contributed by atoms with Crippen LogP contribution in [-0.4, -0.2) is 19.6 Å². The highest BCUT2D eigenvalue weighted by Gasteiger charge is 2.06. The molecule has 2 aromatic rings. The fourth-order valence-corrected chi connectivity index (χ4v) is 2.53. The lowest BCUT2D eigenvalue weighted by Gasteiger charge is -2.11. The zero-order chi connectivity index (χ0) is 18.8. The Morgan fingerprint density at radius 1 is 1.15 bits per heavy atom. The molecular formula is C21H24ClNO3. The van der Waals surface area contributed by atoms with E-state index in [4.69, 9.17) is 21.1 Å². The minimum Gasteiger partial charge on any atom is -0.493 e. The van der Waals surface area contributed by atoms with Crippen molar-refractivity contribution in [2.24, 2.45) is 0 Å². The molecule has 1 N–H and O–H groups in total. The van der Waals surface area contributed by atoms with E-state index in [1.807, 2.05) is 30.3 Å². The molecule has 5 heteroatoms. The number of para-hydroxylation sites is 1. The van der Waals surface area contributed by atoms with Gasteiger partial charge in [-0.1, -0.05) is 49.6 Å². The molecule has 0 fully saturated rings. The third kappa shape index (κ3) is 6.12. The number of hydrogen-bond donors (Lipinski definition) is 1. The number of methoxy groups -OCH3 is 1. The molecule has 1 amide bonds. The lowest BCUT2D eigenvalue weighted by Crippen LogP contribution is -2.07. The fourth-order valence-electron chi connectivity index (χ4n) is 2.35. The molecule has 0 aliphatic heterocycles. The standard InChI is InChI=1S/C21H24ClNO3/c1-3-4-7-14-26-19-12-10-16(15-20(19)25-2)11-13-21(24)23-18-9-6-5-8-17(18)22/h5-6,8-13,15H,3-4,7,14H2,1-2H3,(H,23,24)/b13-11+. The van der Waals surface area contributed by atoms with Crippen molar-refractivity contribution in [2.45, 2.75) is 26.2 Å². The molecule has 0 aliphatic rings. The molecule has 0 heterocycles. The normalized spacial score (nSPS) is 10.7. The van der Waals surface area contributed by atoms with Gasteiger partial charge in [-0.15, -0.1) is 0 Å². The van der Waals surface area contributed by atoms with Gasteiger partial charge in [0.2, 0.25) is 5.91 Å². The van der Waals surface area contributed by atoms with Gasteiger partial charge in [-0.25, -0.2) is 0 Å². The second kappa shape index (κ2) is 10.5. The highest BCUT2D eigenvalue weighted by molar-refractivity contribution is 6.33. The van der Waals surface area contributed by atoms with Crippen LogP contribution in [0.15, 0.2) is 48.5 Å². The van der Waals surface area contributed by atoms with Crippen molar-refractivity contribution in [3.8, 4) is 11.5 Å². The van der Waals surface area contributed by atoms with Gasteiger partial charge in [0.05, 0.1) is 24.4 Å². The molecule has 2 aromatic carbocycles. The van der Waals surface area contributed by atoms with Crippen LogP contribution in [0, 0.1) is 0 Å². The Labute approximate surface area is 159 Å². The first-order valence-corrected chi connectivity index (χ1v) is 9.06. The van der Waals surface area contributed by atoms with Crippen LogP contribution < -0.4 is 14.8 Å². The number of benzene rings is 2. The van der Waals surface area contributed by atoms with Crippen LogP contribution in [0.25, 0.3) is 6.08 Å². The quantitative estimate of drug-likeness (QED) is 0.461. The molecule has 0 bridgehead atoms. The summed E-state index contributed by atoms with van der Waals surface area (Å²) in [5.41, 5.74) is 1.43. The lowest BCUT2D eigenvalue weighted by molar-refractivity contribution is -0.111. The SMILES string of the molecule is CCCCCOc1ccc(/C=C/C(=O)Nc2ccccc2Cl)cc1OC. The maximum absolute atomic E-state index is 12.0. The smallest absolute Gasteiger partial charge is 0.248 e. The van der Waals surface area contributed by atoms with E-state index in [-0.39, 0.29) is 5.91 Å². The molecule has 0 atom stereocenters. The number of unbranched alkanes of at least 4 members (excludes halogenated alkanes) is 2. The number of amides is 1. The van der Waals surface area contributed by atoms with Crippen LogP contribution in [0.4, 0.5) is 5.69 Å². The van der Waals surface area contributed by atoms with E-state index in [1.165, 1.54) is 6.08 Å². The second-order valence-electron chi connectivity index (χ2n) is 5.77. The van der Waals surface area contributed by atoms with Crippen molar-refractivity contribution in [3.63, 3.8) is 0 Å². The molecule has 0 aliphatic carbocycles. The molecule has 0 aromatic heterocycles. The summed E-state index contributed by atoms with van der Waals surface area (Å²) < 4.78 is 11.1. The Balaban J connectivity index is 1.98. The van der Waals surface area contributed by atoms with Gasteiger partial charge in [0.1, 0.15) is 0 Å². The van der Waals surface area contributed by atoms with Crippen LogP contribution in [0.5, 0.6) is 11.5 Å². The van der Waals surface area contributed by atoms with E-state index < -0.39 is 0 Å². The van der Waals surface area contributed by atoms with Gasteiger partial charge in [-0.2, -0.15) is 0 Å². The highest BCUT2D eigenvalue weighted by atomic mass is 35.5. The largest absolute Gasteiger partial charge is 0.493 e. The summed E-state index contributed by atoms with van der Waals surface area (Å²) in [6.07, 6.45) is 6.49. The summed E-state index contributed by atoms with van der Waals surface area (Å²) >= 11 is 6.03. The van der Waals surface area contributed by atoms with Crippen LogP contribution >= 0.6 is 11.6 Å². The summed E-state index contributed by atoms with van der Waals surface area (Å²) in [4.78, 5) is 12.0. The molecule has 2 rings (SSSR count). The Kier molecular flexibility index (Phi) is 8.03. The first kappa shape index (κ1) is 19.9. The molecule has 4 nitrogen and oxygen atoms in total. The zero-order valence-corrected chi connectivity index (χ0v) is 15.9. The number of carbonyl (C=O) groups is 1. The van der Waals surface area contributed by atoms with Gasteiger partial charge in [-0.3, -0.25) is 4.79 Å². The lowest BCUT2D eigenvalue weighted by atomic mass is 10.2. The van der Waals surface area contributed by atoms with Crippen molar-refractivity contribution < 1.29 is 14.3 Å². The van der Waals surface area contributed by atoms with Crippen molar-refractivity contribution in [1.82, 2.24) is 0 Å². The van der Waals surface area contributed by atoms with Crippen molar-refractivity contribution in [2.75, 3.05) is 19.0 Å². The Bertz CT molecular complexity index is 759. The van der Waals surface area contributed by atoms with Crippen LogP contribution in [0.3, 0.4) is 0 Å². The topological polar surface area (TPSA) is 47.6 Å². The summed E-state index contributed by atoms with van der Waals surface area (Å²) in [6.45, 7) is 2.82. The minimum absolute atomic E-state index is 0.253. The predicted octanol–water partition coefficient (Wildman–Crippen LogP) is 5.57. The number of carbonyl (C=O) groups excluding carboxylic acids is 1. The molecule has 0 spiro atoms. The number of ether oxygens (including phenoxy) is 2. The molecule has 0 saturated heterocycles. The molecule has 0 unspecified atom stereocenters. The molecule has 0 radical (unpaired) electrons. The third-order valence-electron chi connectivity index (χ3n) is 3.75. The fraction of sp³-hybridized carbons (Fsp3) is 0.286. The Morgan fingerprint density at radius 3 is 2.69 bits per heavy atom. The van der Waals surface area contributed by atoms with Crippen LogP contribution in [-0.2, 0) is 4.79 Å². The van der Waals surface area contributed by atoms with Crippen molar-refractivity contribution in [3.05, 3.63) is 59.1 Å². The molecule has 138 valence electrons. The maximum atomic E-state index is 12.0. The van der Waals surface area contributed by atoms with Crippen molar-refractivity contribution in [1.29, 1.82) is 0 Å². The second-order valence-corrected chi connectivity index (χ2v) is 6.18. The molecule has 0 saturated carbocycles. The van der Waals surface area contributed by atoms with Gasteiger partial charge in [-0.05, 0) is 42.3 Å². The minimum atomic E-state index is -0.253. The summed E-state index contributed by atoms with van der Waals surface area (Å²) in [5, 5.41) is 3.25. The van der Waals surface area contributed by atoms with Gasteiger partial charge >= 0.3 is 0 Å². The maximum Gasteiger partial charge on any atom is 0.248 e. The van der Waals surface area contributed by atoms with Gasteiger partial charge < -0.3 is 14.8 Å². The Morgan fingerprint density at radius 2 is 1.96 bits per heavy atom. The first-order chi connectivity index (χ1) is 12.6. The van der Waals surface area contributed by atoms with Crippen LogP contribution in [0.2, 0.25) is 5.02 Å². The molecule has 26 heavy (non-hydrogen) atoms. The van der Waals surface area contributed by atoms with E-state index in [0.29, 0.717) is 28.8 Å². The van der Waals surface area contributed by atoms with Crippen molar-refractivity contribution >= 4 is 29.3 Å². The molecular weight excluding hydrogens is 350 g/mol. The third-order valence-corrected chi connectivity index (χ3v) is 4.08. The number of rotatable bonds is 9. The van der Waals surface area contributed by atoms with Crippen LogP contribution in [0.1, 0.15) is 31.7 Å². The number of nitrogens with one attached hydrogen (secondary N) is 1. The number of hydrogen-bond acceptors (Lipinski definition) is 3. The predicted molar refractivity (Wildman–Crippen MR) is 107 cm³/mol. The average Bonchev–Trinajstić information content (AvgIpc) is 2.66. The number of halogens is 1. The number of anilines is 1. The van der Waals surface area contributed by atoms with Gasteiger partial charge in [0.15, 0.2) is 11.5 Å². The van der Waals surface area contributed by atoms with E-state index in [1.54, 1.807) is 25.3 Å². The monoisotopic (exact) mass is 373 g/mol. The first-order valence-electron chi connectivity index (χ1n) is 8.68. The summed E-state index contributed by atoms with van der Waals surface area (Å²) in [6, 6.07) is 12.7. The van der Waals surface area contributed by atoms with E-state index in [2.05, 4.69) is 12.2 Å². The average molecular weight is 374 g/mol. The van der Waals surface area contributed by atoms with Gasteiger partial charge in [0, 0.05) is 6.08 Å². The van der Waals surface area contributed by atoms with E-state index in [0.717, 1.165) is 24.8 Å². The van der Waals surface area contributed by atoms with Gasteiger partial charge in [0.25, 0.3) is 0 Å². The van der Waals surface area contributed by atoms with E-state index in [9.17, 15) is 4.79 Å².